The first-order valence-electron chi connectivity index (χ1n) is 7.32. The summed E-state index contributed by atoms with van der Waals surface area (Å²) in [6.07, 6.45) is 1.44. The third-order valence-corrected chi connectivity index (χ3v) is 4.25. The summed E-state index contributed by atoms with van der Waals surface area (Å²) in [5.74, 6) is -0.633. The van der Waals surface area contributed by atoms with Gasteiger partial charge in [-0.05, 0) is 22.0 Å². The van der Waals surface area contributed by atoms with Gasteiger partial charge in [0.25, 0.3) is 0 Å². The maximum atomic E-state index is 13.7. The molecule has 1 fully saturated rings. The minimum Gasteiger partial charge on any atom is -0.373 e. The molecule has 0 radical (unpaired) electrons. The zero-order valence-electron chi connectivity index (χ0n) is 13.2. The number of rotatable bonds is 3. The van der Waals surface area contributed by atoms with E-state index in [0.29, 0.717) is 15.2 Å². The van der Waals surface area contributed by atoms with Gasteiger partial charge in [0.1, 0.15) is 17.4 Å². The number of carbonyl (C=O) groups is 1. The van der Waals surface area contributed by atoms with E-state index in [9.17, 15) is 9.18 Å². The van der Waals surface area contributed by atoms with E-state index < -0.39 is 24.5 Å². The highest BCUT2D eigenvalue weighted by atomic mass is 79.9. The fraction of sp³-hybridized carbons (Fsp3) is 0.308. The first kappa shape index (κ1) is 10.0. The van der Waals surface area contributed by atoms with Gasteiger partial charge in [-0.2, -0.15) is 0 Å². The second-order valence-corrected chi connectivity index (χ2v) is 5.56. The van der Waals surface area contributed by atoms with Crippen LogP contribution in [-0.4, -0.2) is 29.0 Å². The van der Waals surface area contributed by atoms with Crippen LogP contribution >= 0.6 is 15.9 Å². The zero-order valence-corrected chi connectivity index (χ0v) is 11.7. The van der Waals surface area contributed by atoms with E-state index in [1.165, 1.54) is 18.5 Å². The standard InChI is InChI=1S/C13H12BrFN4O/c1-17-11-7-4-18-10(2-6(7)8(14)5-19-11)13(12(16)20)3-9(13)15/h2,4-5,9H,3H2,1H3,(H2,16,20)(H,17,19)/i1D3. The molecule has 1 saturated carbocycles. The highest BCUT2D eigenvalue weighted by Gasteiger charge is 2.62. The number of hydrogen-bond acceptors (Lipinski definition) is 4. The molecule has 2 unspecified atom stereocenters. The summed E-state index contributed by atoms with van der Waals surface area (Å²) in [5, 5.41) is 3.32. The summed E-state index contributed by atoms with van der Waals surface area (Å²) >= 11 is 3.32. The SMILES string of the molecule is [2H]C([2H])([2H])Nc1ncc(Br)c2cc(C3(C(N)=O)CC3F)ncc12. The molecule has 2 heterocycles. The third-order valence-electron chi connectivity index (χ3n) is 3.61. The lowest BCUT2D eigenvalue weighted by Gasteiger charge is -2.13. The van der Waals surface area contributed by atoms with Gasteiger partial charge in [-0.3, -0.25) is 9.78 Å². The van der Waals surface area contributed by atoms with Crippen LogP contribution in [0.25, 0.3) is 10.8 Å². The number of halogens is 2. The molecule has 3 rings (SSSR count). The number of hydrogen-bond donors (Lipinski definition) is 2. The van der Waals surface area contributed by atoms with Gasteiger partial charge in [0, 0.05) is 45.1 Å². The molecule has 0 aromatic carbocycles. The van der Waals surface area contributed by atoms with Crippen LogP contribution in [0.2, 0.25) is 0 Å². The van der Waals surface area contributed by atoms with Crippen molar-refractivity contribution in [2.75, 3.05) is 12.3 Å². The molecule has 2 aromatic rings. The van der Waals surface area contributed by atoms with Crippen LogP contribution in [-0.2, 0) is 10.2 Å². The molecule has 104 valence electrons. The zero-order chi connectivity index (χ0) is 17.0. The van der Waals surface area contributed by atoms with Gasteiger partial charge in [-0.25, -0.2) is 9.37 Å². The predicted octanol–water partition coefficient (Wildman–Crippen LogP) is 1.90. The largest absolute Gasteiger partial charge is 0.373 e. The predicted molar refractivity (Wildman–Crippen MR) is 77.2 cm³/mol. The van der Waals surface area contributed by atoms with E-state index in [4.69, 9.17) is 9.85 Å². The molecule has 1 aliphatic carbocycles. The van der Waals surface area contributed by atoms with E-state index >= 15 is 0 Å². The van der Waals surface area contributed by atoms with Gasteiger partial charge in [-0.15, -0.1) is 0 Å². The maximum Gasteiger partial charge on any atom is 0.232 e. The van der Waals surface area contributed by atoms with Crippen molar-refractivity contribution in [1.82, 2.24) is 9.97 Å². The van der Waals surface area contributed by atoms with E-state index in [-0.39, 0.29) is 17.9 Å². The summed E-state index contributed by atoms with van der Waals surface area (Å²) in [5.41, 5.74) is 4.16. The molecule has 0 saturated heterocycles. The van der Waals surface area contributed by atoms with Gasteiger partial charge in [0.05, 0.1) is 5.69 Å². The molecule has 2 atom stereocenters. The number of anilines is 1. The van der Waals surface area contributed by atoms with E-state index in [1.807, 2.05) is 0 Å². The minimum atomic E-state index is -2.42. The maximum absolute atomic E-state index is 13.7. The van der Waals surface area contributed by atoms with Crippen LogP contribution in [0.3, 0.4) is 0 Å². The highest BCUT2D eigenvalue weighted by Crippen LogP contribution is 2.50. The molecule has 20 heavy (non-hydrogen) atoms. The Kier molecular flexibility index (Phi) is 2.20. The number of nitrogens with one attached hydrogen (secondary N) is 1. The highest BCUT2D eigenvalue weighted by molar-refractivity contribution is 9.10. The van der Waals surface area contributed by atoms with Gasteiger partial charge in [0.15, 0.2) is 0 Å². The number of nitrogens with two attached hydrogens (primary N) is 1. The van der Waals surface area contributed by atoms with Crippen molar-refractivity contribution in [3.63, 3.8) is 0 Å². The van der Waals surface area contributed by atoms with Crippen molar-refractivity contribution < 1.29 is 13.3 Å². The molecule has 1 amide bonds. The molecule has 2 aromatic heterocycles. The summed E-state index contributed by atoms with van der Waals surface area (Å²) in [7, 11) is 0. The molecule has 3 N–H and O–H groups in total. The number of pyridine rings is 2. The second-order valence-electron chi connectivity index (χ2n) is 4.70. The topological polar surface area (TPSA) is 80.9 Å². The molecule has 0 spiro atoms. The number of nitrogens with zero attached hydrogens (tertiary/aromatic N) is 2. The number of aromatic nitrogens is 2. The normalized spacial score (nSPS) is 27.5. The van der Waals surface area contributed by atoms with Crippen molar-refractivity contribution in [2.24, 2.45) is 5.73 Å². The summed E-state index contributed by atoms with van der Waals surface area (Å²) in [6.45, 7) is -2.42. The van der Waals surface area contributed by atoms with Gasteiger partial charge in [0.2, 0.25) is 5.91 Å². The smallest absolute Gasteiger partial charge is 0.232 e. The number of primary amides is 1. The molecule has 1 aliphatic rings. The van der Waals surface area contributed by atoms with Crippen LogP contribution in [0, 0.1) is 0 Å². The Bertz CT molecular complexity index is 816. The van der Waals surface area contributed by atoms with Crippen molar-refractivity contribution in [2.45, 2.75) is 18.0 Å². The average Bonchev–Trinajstić information content (AvgIpc) is 3.13. The molecule has 5 nitrogen and oxygen atoms in total. The van der Waals surface area contributed by atoms with Crippen LogP contribution in [0.15, 0.2) is 22.9 Å². The Morgan fingerprint density at radius 1 is 1.60 bits per heavy atom. The quantitative estimate of drug-likeness (QED) is 0.893. The molecule has 0 bridgehead atoms. The number of alkyl halides is 1. The minimum absolute atomic E-state index is 0.00389. The van der Waals surface area contributed by atoms with E-state index in [1.54, 1.807) is 0 Å². The first-order chi connectivity index (χ1) is 10.6. The van der Waals surface area contributed by atoms with Crippen molar-refractivity contribution in [3.8, 4) is 0 Å². The lowest BCUT2D eigenvalue weighted by atomic mass is 9.99. The van der Waals surface area contributed by atoms with Crippen molar-refractivity contribution in [1.29, 1.82) is 0 Å². The van der Waals surface area contributed by atoms with Crippen molar-refractivity contribution in [3.05, 3.63) is 28.6 Å². The Morgan fingerprint density at radius 2 is 2.35 bits per heavy atom. The monoisotopic (exact) mass is 341 g/mol. The Morgan fingerprint density at radius 3 is 2.95 bits per heavy atom. The van der Waals surface area contributed by atoms with Crippen LogP contribution in [0.5, 0.6) is 0 Å². The fourth-order valence-corrected chi connectivity index (χ4v) is 2.75. The number of carbonyl (C=O) groups excluding carboxylic acids is 1. The van der Waals surface area contributed by atoms with Crippen LogP contribution in [0.1, 0.15) is 16.2 Å². The lowest BCUT2D eigenvalue weighted by molar-refractivity contribution is -0.120. The number of fused-ring (bicyclic) bond motifs is 1. The fourth-order valence-electron chi connectivity index (χ4n) is 2.32. The van der Waals surface area contributed by atoms with Crippen LogP contribution < -0.4 is 11.1 Å². The molecule has 0 aliphatic heterocycles. The summed E-state index contributed by atoms with van der Waals surface area (Å²) in [4.78, 5) is 19.7. The number of amides is 1. The Hall–Kier alpha value is -1.76. The van der Waals surface area contributed by atoms with Crippen LogP contribution in [0.4, 0.5) is 10.2 Å². The summed E-state index contributed by atoms with van der Waals surface area (Å²) < 4.78 is 36.1. The Labute approximate surface area is 127 Å². The summed E-state index contributed by atoms with van der Waals surface area (Å²) in [6, 6.07) is 1.54. The molecule has 7 heteroatoms. The Balaban J connectivity index is 2.14. The average molecular weight is 342 g/mol. The van der Waals surface area contributed by atoms with E-state index in [2.05, 4.69) is 31.2 Å². The van der Waals surface area contributed by atoms with Gasteiger partial charge < -0.3 is 11.1 Å². The van der Waals surface area contributed by atoms with E-state index in [0.717, 1.165) is 0 Å². The van der Waals surface area contributed by atoms with Gasteiger partial charge in [-0.1, -0.05) is 0 Å². The third kappa shape index (κ3) is 1.69. The first-order valence-corrected chi connectivity index (χ1v) is 6.61. The van der Waals surface area contributed by atoms with Gasteiger partial charge >= 0.3 is 0 Å². The molecular formula is C13H12BrFN4O. The lowest BCUT2D eigenvalue weighted by Crippen LogP contribution is -2.31. The second kappa shape index (κ2) is 4.37. The van der Waals surface area contributed by atoms with Crippen molar-refractivity contribution >= 4 is 38.4 Å². The molecular weight excluding hydrogens is 327 g/mol.